The standard InChI is InChI=1S/C4H10O2S/c1-4(2,6)3(5)7/h3,5-7H,1-2H3. The van der Waals surface area contributed by atoms with Gasteiger partial charge in [0.05, 0.1) is 5.60 Å². The predicted molar refractivity (Wildman–Crippen MR) is 31.3 cm³/mol. The van der Waals surface area contributed by atoms with Crippen molar-refractivity contribution in [3.8, 4) is 0 Å². The van der Waals surface area contributed by atoms with Crippen LogP contribution in [0.25, 0.3) is 0 Å². The van der Waals surface area contributed by atoms with Crippen LogP contribution in [0.4, 0.5) is 0 Å². The molecule has 1 unspecified atom stereocenters. The largest absolute Gasteiger partial charge is 0.387 e. The molecule has 0 spiro atoms. The second kappa shape index (κ2) is 2.03. The maximum Gasteiger partial charge on any atom is 0.125 e. The van der Waals surface area contributed by atoms with Crippen LogP contribution in [-0.4, -0.2) is 21.3 Å². The Balaban J connectivity index is 3.54. The van der Waals surface area contributed by atoms with Gasteiger partial charge >= 0.3 is 0 Å². The number of rotatable bonds is 1. The van der Waals surface area contributed by atoms with Gasteiger partial charge in [-0.05, 0) is 13.8 Å². The fourth-order valence-electron chi connectivity index (χ4n) is 0. The van der Waals surface area contributed by atoms with Crippen LogP contribution in [-0.2, 0) is 0 Å². The van der Waals surface area contributed by atoms with Crippen LogP contribution in [0.15, 0.2) is 0 Å². The van der Waals surface area contributed by atoms with Gasteiger partial charge in [-0.3, -0.25) is 0 Å². The third kappa shape index (κ3) is 2.91. The molecule has 3 heteroatoms. The highest BCUT2D eigenvalue weighted by Crippen LogP contribution is 2.09. The third-order valence-corrected chi connectivity index (χ3v) is 1.26. The summed E-state index contributed by atoms with van der Waals surface area (Å²) in [5.41, 5.74) is -2.03. The second-order valence-corrected chi connectivity index (χ2v) is 2.52. The van der Waals surface area contributed by atoms with Crippen LogP contribution in [0.1, 0.15) is 13.8 Å². The van der Waals surface area contributed by atoms with Gasteiger partial charge in [-0.15, -0.1) is 12.6 Å². The van der Waals surface area contributed by atoms with E-state index in [1.807, 2.05) is 0 Å². The Morgan fingerprint density at radius 1 is 1.57 bits per heavy atom. The van der Waals surface area contributed by atoms with Crippen molar-refractivity contribution in [1.82, 2.24) is 0 Å². The monoisotopic (exact) mass is 122 g/mol. The molecule has 0 rings (SSSR count). The molecule has 2 N–H and O–H groups in total. The Morgan fingerprint density at radius 3 is 1.71 bits per heavy atom. The van der Waals surface area contributed by atoms with Crippen molar-refractivity contribution >= 4 is 12.6 Å². The van der Waals surface area contributed by atoms with Gasteiger partial charge in [0.2, 0.25) is 0 Å². The normalized spacial score (nSPS) is 16.7. The molecule has 0 aliphatic rings. The quantitative estimate of drug-likeness (QED) is 0.338. The van der Waals surface area contributed by atoms with E-state index in [2.05, 4.69) is 12.6 Å². The summed E-state index contributed by atoms with van der Waals surface area (Å²) in [6.07, 6.45) is 0. The lowest BCUT2D eigenvalue weighted by Crippen LogP contribution is -2.31. The van der Waals surface area contributed by atoms with Crippen molar-refractivity contribution in [2.24, 2.45) is 0 Å². The van der Waals surface area contributed by atoms with E-state index < -0.39 is 11.0 Å². The molecule has 0 aliphatic heterocycles. The first-order chi connectivity index (χ1) is 2.94. The minimum absolute atomic E-state index is 0.951. The number of hydrogen-bond donors (Lipinski definition) is 3. The lowest BCUT2D eigenvalue weighted by Gasteiger charge is -2.18. The zero-order chi connectivity index (χ0) is 6.08. The van der Waals surface area contributed by atoms with Crippen molar-refractivity contribution < 1.29 is 10.2 Å². The first-order valence-corrected chi connectivity index (χ1v) is 2.55. The Morgan fingerprint density at radius 2 is 1.71 bits per heavy atom. The third-order valence-electron chi connectivity index (χ3n) is 0.632. The Bertz CT molecular complexity index is 55.2. The Hall–Kier alpha value is 0.270. The first-order valence-electron chi connectivity index (χ1n) is 2.03. The van der Waals surface area contributed by atoms with Gasteiger partial charge in [-0.2, -0.15) is 0 Å². The van der Waals surface area contributed by atoms with Crippen LogP contribution >= 0.6 is 12.6 Å². The molecule has 0 aromatic heterocycles. The maximum atomic E-state index is 8.77. The van der Waals surface area contributed by atoms with Crippen LogP contribution in [0, 0.1) is 0 Å². The number of thiol groups is 1. The van der Waals surface area contributed by atoms with Crippen molar-refractivity contribution in [1.29, 1.82) is 0 Å². The van der Waals surface area contributed by atoms with E-state index in [9.17, 15) is 0 Å². The first kappa shape index (κ1) is 7.27. The summed E-state index contributed by atoms with van der Waals surface area (Å²) in [6, 6.07) is 0. The van der Waals surface area contributed by atoms with Gasteiger partial charge in [0.25, 0.3) is 0 Å². The van der Waals surface area contributed by atoms with E-state index in [-0.39, 0.29) is 0 Å². The average molecular weight is 122 g/mol. The van der Waals surface area contributed by atoms with Crippen LogP contribution < -0.4 is 0 Å². The molecule has 0 fully saturated rings. The van der Waals surface area contributed by atoms with Gasteiger partial charge in [-0.25, -0.2) is 0 Å². The Labute approximate surface area is 48.6 Å². The number of aliphatic hydroxyl groups excluding tert-OH is 1. The summed E-state index contributed by atoms with van der Waals surface area (Å²) in [5, 5.41) is 17.3. The van der Waals surface area contributed by atoms with E-state index in [0.717, 1.165) is 0 Å². The lowest BCUT2D eigenvalue weighted by molar-refractivity contribution is -0.0000959. The molecule has 0 amide bonds. The van der Waals surface area contributed by atoms with Crippen LogP contribution in [0.3, 0.4) is 0 Å². The highest BCUT2D eigenvalue weighted by molar-refractivity contribution is 7.80. The smallest absolute Gasteiger partial charge is 0.125 e. The van der Waals surface area contributed by atoms with E-state index in [1.165, 1.54) is 13.8 Å². The van der Waals surface area contributed by atoms with Crippen molar-refractivity contribution in [2.45, 2.75) is 24.9 Å². The molecule has 0 saturated heterocycles. The fraction of sp³-hybridized carbons (Fsp3) is 1.00. The molecule has 0 saturated carbocycles. The molecular formula is C4H10O2S. The van der Waals surface area contributed by atoms with Crippen molar-refractivity contribution in [3.05, 3.63) is 0 Å². The van der Waals surface area contributed by atoms with Crippen molar-refractivity contribution in [2.75, 3.05) is 0 Å². The molecule has 0 aromatic carbocycles. The molecule has 0 aliphatic carbocycles. The van der Waals surface area contributed by atoms with E-state index in [1.54, 1.807) is 0 Å². The fourth-order valence-corrected chi connectivity index (χ4v) is 0. The highest BCUT2D eigenvalue weighted by atomic mass is 32.1. The van der Waals surface area contributed by atoms with Gasteiger partial charge in [-0.1, -0.05) is 0 Å². The van der Waals surface area contributed by atoms with Crippen molar-refractivity contribution in [3.63, 3.8) is 0 Å². The zero-order valence-corrected chi connectivity index (χ0v) is 5.31. The topological polar surface area (TPSA) is 40.5 Å². The number of hydrogen-bond acceptors (Lipinski definition) is 3. The minimum atomic E-state index is -1.08. The summed E-state index contributed by atoms with van der Waals surface area (Å²) in [7, 11) is 0. The molecule has 7 heavy (non-hydrogen) atoms. The lowest BCUT2D eigenvalue weighted by atomic mass is 10.2. The van der Waals surface area contributed by atoms with E-state index in [0.29, 0.717) is 0 Å². The summed E-state index contributed by atoms with van der Waals surface area (Å²) < 4.78 is 0. The predicted octanol–water partition coefficient (Wildman–Crippen LogP) is 0.00550. The Kier molecular flexibility index (Phi) is 2.10. The molecule has 1 atom stereocenters. The van der Waals surface area contributed by atoms with Gasteiger partial charge in [0, 0.05) is 0 Å². The molecular weight excluding hydrogens is 112 g/mol. The number of aliphatic hydroxyl groups is 2. The van der Waals surface area contributed by atoms with Crippen LogP contribution in [0.5, 0.6) is 0 Å². The molecule has 2 nitrogen and oxygen atoms in total. The molecule has 0 bridgehead atoms. The van der Waals surface area contributed by atoms with E-state index in [4.69, 9.17) is 10.2 Å². The van der Waals surface area contributed by atoms with Crippen LogP contribution in [0.2, 0.25) is 0 Å². The molecule has 0 radical (unpaired) electrons. The van der Waals surface area contributed by atoms with Gasteiger partial charge < -0.3 is 10.2 Å². The average Bonchev–Trinajstić information content (AvgIpc) is 1.31. The summed E-state index contributed by atoms with van der Waals surface area (Å²) in [5.74, 6) is 0. The SMILES string of the molecule is CC(C)(O)C(O)S. The maximum absolute atomic E-state index is 8.77. The van der Waals surface area contributed by atoms with Gasteiger partial charge in [0.1, 0.15) is 5.44 Å². The highest BCUT2D eigenvalue weighted by Gasteiger charge is 2.19. The summed E-state index contributed by atoms with van der Waals surface area (Å²) >= 11 is 3.58. The summed E-state index contributed by atoms with van der Waals surface area (Å²) in [4.78, 5) is 0. The summed E-state index contributed by atoms with van der Waals surface area (Å²) in [6.45, 7) is 2.98. The molecule has 0 aromatic rings. The van der Waals surface area contributed by atoms with E-state index >= 15 is 0 Å². The molecule has 0 heterocycles. The minimum Gasteiger partial charge on any atom is -0.387 e. The van der Waals surface area contributed by atoms with Gasteiger partial charge in [0.15, 0.2) is 0 Å². The molecule has 44 valence electrons. The zero-order valence-electron chi connectivity index (χ0n) is 4.42. The second-order valence-electron chi connectivity index (χ2n) is 2.03.